The van der Waals surface area contributed by atoms with E-state index < -0.39 is 8.38 Å². The lowest BCUT2D eigenvalue weighted by Crippen LogP contribution is -1.72. The van der Waals surface area contributed by atoms with Gasteiger partial charge in [0.1, 0.15) is 0 Å². The standard InChI is InChI=1S/C5H9O2P/c1-4-6-8(3)7-5-2/h4-5H,1-2H2,3H3. The van der Waals surface area contributed by atoms with Gasteiger partial charge in [0.25, 0.3) is 8.38 Å². The largest absolute Gasteiger partial charge is 0.447 e. The molecule has 2 nitrogen and oxygen atoms in total. The Hall–Kier alpha value is -0.490. The SMILES string of the molecule is C=COP(C)OC=C. The van der Waals surface area contributed by atoms with E-state index in [4.69, 9.17) is 9.05 Å². The van der Waals surface area contributed by atoms with Crippen molar-refractivity contribution in [3.63, 3.8) is 0 Å². The van der Waals surface area contributed by atoms with Gasteiger partial charge in [0.05, 0.1) is 12.5 Å². The third-order valence-corrected chi connectivity index (χ3v) is 1.34. The summed E-state index contributed by atoms with van der Waals surface area (Å²) in [6.07, 6.45) is 2.71. The molecule has 0 aromatic carbocycles. The molecule has 0 aromatic heterocycles. The number of hydrogen-bond acceptors (Lipinski definition) is 2. The Morgan fingerprint density at radius 3 is 1.88 bits per heavy atom. The zero-order valence-corrected chi connectivity index (χ0v) is 5.73. The van der Waals surface area contributed by atoms with Crippen LogP contribution in [0.4, 0.5) is 0 Å². The van der Waals surface area contributed by atoms with Gasteiger partial charge in [-0.3, -0.25) is 0 Å². The summed E-state index contributed by atoms with van der Waals surface area (Å²) in [5.41, 5.74) is 0. The van der Waals surface area contributed by atoms with Gasteiger partial charge in [-0.25, -0.2) is 0 Å². The van der Waals surface area contributed by atoms with E-state index in [1.165, 1.54) is 12.5 Å². The third-order valence-electron chi connectivity index (χ3n) is 0.446. The molecule has 0 aliphatic carbocycles. The molecule has 3 heteroatoms. The van der Waals surface area contributed by atoms with Crippen molar-refractivity contribution in [2.45, 2.75) is 0 Å². The van der Waals surface area contributed by atoms with Crippen LogP contribution in [0.2, 0.25) is 0 Å². The molecule has 0 atom stereocenters. The highest BCUT2D eigenvalue weighted by atomic mass is 31.2. The van der Waals surface area contributed by atoms with Crippen molar-refractivity contribution in [2.75, 3.05) is 6.66 Å². The summed E-state index contributed by atoms with van der Waals surface area (Å²) in [6.45, 7) is 8.54. The Kier molecular flexibility index (Phi) is 4.38. The van der Waals surface area contributed by atoms with Crippen molar-refractivity contribution >= 4 is 8.38 Å². The summed E-state index contributed by atoms with van der Waals surface area (Å²) in [7, 11) is -0.817. The van der Waals surface area contributed by atoms with E-state index in [0.717, 1.165) is 0 Å². The first kappa shape index (κ1) is 7.51. The van der Waals surface area contributed by atoms with Crippen molar-refractivity contribution in [3.8, 4) is 0 Å². The summed E-state index contributed by atoms with van der Waals surface area (Å²) in [5, 5.41) is 0. The van der Waals surface area contributed by atoms with Crippen molar-refractivity contribution in [1.29, 1.82) is 0 Å². The lowest BCUT2D eigenvalue weighted by Gasteiger charge is -2.05. The molecule has 0 aromatic rings. The first-order chi connectivity index (χ1) is 3.81. The van der Waals surface area contributed by atoms with Gasteiger partial charge in [0.15, 0.2) is 0 Å². The maximum atomic E-state index is 4.82. The zero-order valence-electron chi connectivity index (χ0n) is 4.83. The molecule has 0 bridgehead atoms. The van der Waals surface area contributed by atoms with Gasteiger partial charge in [-0.15, -0.1) is 0 Å². The fourth-order valence-electron chi connectivity index (χ4n) is 0.235. The third kappa shape index (κ3) is 3.69. The van der Waals surface area contributed by atoms with E-state index in [9.17, 15) is 0 Å². The normalized spacial score (nSPS) is 8.25. The molecule has 0 saturated carbocycles. The van der Waals surface area contributed by atoms with E-state index in [-0.39, 0.29) is 0 Å². The Morgan fingerprint density at radius 2 is 1.62 bits per heavy atom. The highest BCUT2D eigenvalue weighted by molar-refractivity contribution is 7.46. The van der Waals surface area contributed by atoms with Crippen LogP contribution in [-0.4, -0.2) is 6.66 Å². The first-order valence-corrected chi connectivity index (χ1v) is 3.72. The second kappa shape index (κ2) is 4.66. The Labute approximate surface area is 50.7 Å². The molecule has 0 aliphatic rings. The summed E-state index contributed by atoms with van der Waals surface area (Å²) in [5.74, 6) is 0. The molecule has 0 aliphatic heterocycles. The topological polar surface area (TPSA) is 18.5 Å². The fraction of sp³-hybridized carbons (Fsp3) is 0.200. The minimum atomic E-state index is -0.817. The van der Waals surface area contributed by atoms with E-state index >= 15 is 0 Å². The summed E-state index contributed by atoms with van der Waals surface area (Å²) in [4.78, 5) is 0. The van der Waals surface area contributed by atoms with Gasteiger partial charge in [-0.2, -0.15) is 0 Å². The molecule has 0 N–H and O–H groups in total. The van der Waals surface area contributed by atoms with Crippen LogP contribution in [0.3, 0.4) is 0 Å². The predicted octanol–water partition coefficient (Wildman–Crippen LogP) is 2.25. The maximum absolute atomic E-state index is 4.82. The average Bonchev–Trinajstić information content (AvgIpc) is 1.68. The lowest BCUT2D eigenvalue weighted by atomic mass is 11.2. The van der Waals surface area contributed by atoms with Gasteiger partial charge in [0.2, 0.25) is 0 Å². The van der Waals surface area contributed by atoms with Crippen LogP contribution in [0.25, 0.3) is 0 Å². The van der Waals surface area contributed by atoms with Crippen molar-refractivity contribution in [3.05, 3.63) is 25.7 Å². The Bertz CT molecular complexity index is 72.5. The van der Waals surface area contributed by atoms with Gasteiger partial charge >= 0.3 is 0 Å². The van der Waals surface area contributed by atoms with Crippen LogP contribution in [0, 0.1) is 0 Å². The molecule has 46 valence electrons. The van der Waals surface area contributed by atoms with Gasteiger partial charge < -0.3 is 9.05 Å². The van der Waals surface area contributed by atoms with Crippen molar-refractivity contribution in [1.82, 2.24) is 0 Å². The highest BCUT2D eigenvalue weighted by Crippen LogP contribution is 2.33. The van der Waals surface area contributed by atoms with Crippen LogP contribution >= 0.6 is 8.38 Å². The minimum absolute atomic E-state index is 0.817. The summed E-state index contributed by atoms with van der Waals surface area (Å²) < 4.78 is 9.63. The van der Waals surface area contributed by atoms with E-state index in [1.54, 1.807) is 0 Å². The van der Waals surface area contributed by atoms with Gasteiger partial charge in [-0.05, 0) is 0 Å². The highest BCUT2D eigenvalue weighted by Gasteiger charge is 1.94. The quantitative estimate of drug-likeness (QED) is 0.431. The van der Waals surface area contributed by atoms with Crippen LogP contribution in [0.15, 0.2) is 25.7 Å². The molecule has 0 spiro atoms. The lowest BCUT2D eigenvalue weighted by molar-refractivity contribution is 0.416. The molecule has 0 saturated heterocycles. The van der Waals surface area contributed by atoms with E-state index in [2.05, 4.69) is 13.2 Å². The second-order valence-electron chi connectivity index (χ2n) is 0.984. The molecule has 0 heterocycles. The smallest absolute Gasteiger partial charge is 0.285 e. The molecule has 0 radical (unpaired) electrons. The fourth-order valence-corrected chi connectivity index (χ4v) is 0.704. The molecule has 8 heavy (non-hydrogen) atoms. The number of rotatable bonds is 4. The first-order valence-electron chi connectivity index (χ1n) is 2.10. The zero-order chi connectivity index (χ0) is 6.41. The van der Waals surface area contributed by atoms with Gasteiger partial charge in [0, 0.05) is 6.66 Å². The van der Waals surface area contributed by atoms with Crippen LogP contribution < -0.4 is 0 Å². The molecule has 0 unspecified atom stereocenters. The average molecular weight is 132 g/mol. The van der Waals surface area contributed by atoms with Crippen molar-refractivity contribution < 1.29 is 9.05 Å². The van der Waals surface area contributed by atoms with Crippen molar-refractivity contribution in [2.24, 2.45) is 0 Å². The Morgan fingerprint density at radius 1 is 1.25 bits per heavy atom. The Balaban J connectivity index is 3.16. The van der Waals surface area contributed by atoms with Gasteiger partial charge in [-0.1, -0.05) is 13.2 Å². The molecule has 0 amide bonds. The van der Waals surface area contributed by atoms with Crippen LogP contribution in [-0.2, 0) is 9.05 Å². The minimum Gasteiger partial charge on any atom is -0.447 e. The molecule has 0 fully saturated rings. The molecular formula is C5H9O2P. The van der Waals surface area contributed by atoms with E-state index in [1.807, 2.05) is 6.66 Å². The van der Waals surface area contributed by atoms with E-state index in [0.29, 0.717) is 0 Å². The number of hydrogen-bond donors (Lipinski definition) is 0. The second-order valence-corrected chi connectivity index (χ2v) is 2.28. The van der Waals surface area contributed by atoms with Crippen LogP contribution in [0.5, 0.6) is 0 Å². The summed E-state index contributed by atoms with van der Waals surface area (Å²) in [6, 6.07) is 0. The summed E-state index contributed by atoms with van der Waals surface area (Å²) >= 11 is 0. The maximum Gasteiger partial charge on any atom is 0.285 e. The predicted molar refractivity (Wildman–Crippen MR) is 35.4 cm³/mol. The monoisotopic (exact) mass is 132 g/mol. The molecule has 0 rings (SSSR count). The van der Waals surface area contributed by atoms with Crippen LogP contribution in [0.1, 0.15) is 0 Å². The molecular weight excluding hydrogens is 123 g/mol.